The van der Waals surface area contributed by atoms with Crippen molar-refractivity contribution in [1.29, 1.82) is 0 Å². The third kappa shape index (κ3) is 6.36. The van der Waals surface area contributed by atoms with Crippen molar-refractivity contribution < 1.29 is 4.79 Å². The van der Waals surface area contributed by atoms with E-state index in [0.29, 0.717) is 24.8 Å². The van der Waals surface area contributed by atoms with Crippen molar-refractivity contribution in [3.8, 4) is 0 Å². The number of amides is 1. The molecule has 3 N–H and O–H groups in total. The second-order valence-electron chi connectivity index (χ2n) is 5.80. The summed E-state index contributed by atoms with van der Waals surface area (Å²) >= 11 is 0. The van der Waals surface area contributed by atoms with Gasteiger partial charge in [-0.2, -0.15) is 0 Å². The molecule has 1 rings (SSSR count). The molecule has 1 aliphatic heterocycles. The molecule has 0 saturated carbocycles. The number of carbonyl (C=O) groups excluding carboxylic acids is 1. The van der Waals surface area contributed by atoms with Crippen molar-refractivity contribution in [3.05, 3.63) is 0 Å². The Hall–Kier alpha value is -0.610. The Morgan fingerprint density at radius 3 is 2.56 bits per heavy atom. The molecule has 0 aliphatic carbocycles. The molecule has 1 saturated heterocycles. The molecule has 4 nitrogen and oxygen atoms in total. The summed E-state index contributed by atoms with van der Waals surface area (Å²) in [6.45, 7) is 9.33. The summed E-state index contributed by atoms with van der Waals surface area (Å²) in [5.41, 5.74) is 5.53. The topological polar surface area (TPSA) is 58.4 Å². The van der Waals surface area contributed by atoms with Gasteiger partial charge in [0.15, 0.2) is 0 Å². The molecule has 18 heavy (non-hydrogen) atoms. The summed E-state index contributed by atoms with van der Waals surface area (Å²) < 4.78 is 0. The maximum absolute atomic E-state index is 11.6. The molecular formula is C14H29N3O. The summed E-state index contributed by atoms with van der Waals surface area (Å²) in [6.07, 6.45) is 4.16. The van der Waals surface area contributed by atoms with Gasteiger partial charge in [-0.25, -0.2) is 0 Å². The fraction of sp³-hybridized carbons (Fsp3) is 0.929. The molecule has 0 aromatic rings. The number of nitrogens with two attached hydrogens (primary N) is 1. The first-order valence-corrected chi connectivity index (χ1v) is 7.31. The van der Waals surface area contributed by atoms with Gasteiger partial charge in [-0.15, -0.1) is 0 Å². The maximum Gasteiger partial charge on any atom is 0.220 e. The van der Waals surface area contributed by atoms with Crippen LogP contribution >= 0.6 is 0 Å². The minimum atomic E-state index is 0.170. The predicted molar refractivity (Wildman–Crippen MR) is 75.3 cm³/mol. The van der Waals surface area contributed by atoms with Crippen LogP contribution in [0.15, 0.2) is 0 Å². The highest BCUT2D eigenvalue weighted by Gasteiger charge is 2.15. The number of nitrogens with zero attached hydrogens (tertiary/aromatic N) is 1. The van der Waals surface area contributed by atoms with Crippen molar-refractivity contribution in [1.82, 2.24) is 10.2 Å². The third-order valence-corrected chi connectivity index (χ3v) is 3.68. The zero-order valence-corrected chi connectivity index (χ0v) is 12.0. The van der Waals surface area contributed by atoms with Crippen LogP contribution in [0.2, 0.25) is 0 Å². The molecule has 0 bridgehead atoms. The molecular weight excluding hydrogens is 226 g/mol. The summed E-state index contributed by atoms with van der Waals surface area (Å²) in [7, 11) is 0. The minimum Gasteiger partial charge on any atom is -0.356 e. The van der Waals surface area contributed by atoms with Crippen LogP contribution in [0.5, 0.6) is 0 Å². The van der Waals surface area contributed by atoms with E-state index < -0.39 is 0 Å². The van der Waals surface area contributed by atoms with E-state index in [0.717, 1.165) is 19.5 Å². The summed E-state index contributed by atoms with van der Waals surface area (Å²) in [5, 5.41) is 3.03. The molecule has 4 heteroatoms. The highest BCUT2D eigenvalue weighted by atomic mass is 16.1. The van der Waals surface area contributed by atoms with Gasteiger partial charge in [-0.05, 0) is 50.7 Å². The first-order chi connectivity index (χ1) is 8.61. The molecule has 1 amide bonds. The number of likely N-dealkylation sites (tertiary alicyclic amines) is 1. The fourth-order valence-electron chi connectivity index (χ4n) is 2.34. The van der Waals surface area contributed by atoms with E-state index >= 15 is 0 Å². The Kier molecular flexibility index (Phi) is 7.28. The van der Waals surface area contributed by atoms with Crippen LogP contribution in [0, 0.1) is 11.8 Å². The number of nitrogens with one attached hydrogen (secondary N) is 1. The monoisotopic (exact) mass is 255 g/mol. The van der Waals surface area contributed by atoms with E-state index in [-0.39, 0.29) is 5.91 Å². The van der Waals surface area contributed by atoms with Gasteiger partial charge in [0.1, 0.15) is 0 Å². The highest BCUT2D eigenvalue weighted by molar-refractivity contribution is 5.75. The van der Waals surface area contributed by atoms with Crippen molar-refractivity contribution >= 4 is 5.91 Å². The average Bonchev–Trinajstić information content (AvgIpc) is 2.86. The second kappa shape index (κ2) is 8.48. The minimum absolute atomic E-state index is 0.170. The lowest BCUT2D eigenvalue weighted by Crippen LogP contribution is -2.34. The quantitative estimate of drug-likeness (QED) is 0.685. The Balaban J connectivity index is 2.05. The molecule has 0 radical (unpaired) electrons. The van der Waals surface area contributed by atoms with E-state index in [1.165, 1.54) is 25.9 Å². The zero-order chi connectivity index (χ0) is 13.4. The van der Waals surface area contributed by atoms with Gasteiger partial charge < -0.3 is 16.0 Å². The normalized spacial score (nSPS) is 19.7. The summed E-state index contributed by atoms with van der Waals surface area (Å²) in [6, 6.07) is 0. The van der Waals surface area contributed by atoms with Crippen molar-refractivity contribution in [3.63, 3.8) is 0 Å². The number of carbonyl (C=O) groups is 1. The maximum atomic E-state index is 11.6. The van der Waals surface area contributed by atoms with Crippen LogP contribution in [-0.2, 0) is 4.79 Å². The lowest BCUT2D eigenvalue weighted by molar-refractivity contribution is -0.121. The van der Waals surface area contributed by atoms with Crippen LogP contribution in [-0.4, -0.2) is 43.5 Å². The molecule has 1 heterocycles. The first-order valence-electron chi connectivity index (χ1n) is 7.31. The lowest BCUT2D eigenvalue weighted by atomic mass is 10.1. The van der Waals surface area contributed by atoms with E-state index in [9.17, 15) is 4.79 Å². The van der Waals surface area contributed by atoms with Crippen molar-refractivity contribution in [2.24, 2.45) is 17.6 Å². The van der Waals surface area contributed by atoms with Crippen LogP contribution in [0.1, 0.15) is 39.5 Å². The van der Waals surface area contributed by atoms with E-state index in [4.69, 9.17) is 5.73 Å². The smallest absolute Gasteiger partial charge is 0.220 e. The molecule has 2 unspecified atom stereocenters. The summed E-state index contributed by atoms with van der Waals surface area (Å²) in [5.74, 6) is 1.15. The zero-order valence-electron chi connectivity index (χ0n) is 12.0. The van der Waals surface area contributed by atoms with Crippen LogP contribution < -0.4 is 11.1 Å². The average molecular weight is 255 g/mol. The SMILES string of the molecule is CC(CN)CCC(=O)NCC(C)CN1CCCC1. The van der Waals surface area contributed by atoms with E-state index in [1.54, 1.807) is 0 Å². The first kappa shape index (κ1) is 15.4. The number of hydrogen-bond donors (Lipinski definition) is 2. The van der Waals surface area contributed by atoms with Crippen LogP contribution in [0.25, 0.3) is 0 Å². The Morgan fingerprint density at radius 1 is 1.28 bits per heavy atom. The molecule has 2 atom stereocenters. The van der Waals surface area contributed by atoms with Gasteiger partial charge in [-0.1, -0.05) is 13.8 Å². The molecule has 0 spiro atoms. The molecule has 0 aromatic heterocycles. The van der Waals surface area contributed by atoms with Crippen LogP contribution in [0.4, 0.5) is 0 Å². The lowest BCUT2D eigenvalue weighted by Gasteiger charge is -2.20. The van der Waals surface area contributed by atoms with Gasteiger partial charge in [0.2, 0.25) is 5.91 Å². The Morgan fingerprint density at radius 2 is 1.94 bits per heavy atom. The Bertz CT molecular complexity index is 239. The largest absolute Gasteiger partial charge is 0.356 e. The van der Waals surface area contributed by atoms with Gasteiger partial charge in [0, 0.05) is 19.5 Å². The third-order valence-electron chi connectivity index (χ3n) is 3.68. The molecule has 0 aromatic carbocycles. The second-order valence-corrected chi connectivity index (χ2v) is 5.80. The fourth-order valence-corrected chi connectivity index (χ4v) is 2.34. The van der Waals surface area contributed by atoms with Gasteiger partial charge >= 0.3 is 0 Å². The van der Waals surface area contributed by atoms with Crippen molar-refractivity contribution in [2.75, 3.05) is 32.7 Å². The van der Waals surface area contributed by atoms with E-state index in [2.05, 4.69) is 24.1 Å². The van der Waals surface area contributed by atoms with E-state index in [1.807, 2.05) is 0 Å². The summed E-state index contributed by atoms with van der Waals surface area (Å²) in [4.78, 5) is 14.1. The highest BCUT2D eigenvalue weighted by Crippen LogP contribution is 2.10. The molecule has 106 valence electrons. The van der Waals surface area contributed by atoms with Gasteiger partial charge in [0.25, 0.3) is 0 Å². The van der Waals surface area contributed by atoms with Gasteiger partial charge in [-0.3, -0.25) is 4.79 Å². The molecule has 1 aliphatic rings. The van der Waals surface area contributed by atoms with Gasteiger partial charge in [0.05, 0.1) is 0 Å². The molecule has 1 fully saturated rings. The Labute approximate surface area is 111 Å². The van der Waals surface area contributed by atoms with Crippen LogP contribution in [0.3, 0.4) is 0 Å². The van der Waals surface area contributed by atoms with Crippen molar-refractivity contribution in [2.45, 2.75) is 39.5 Å². The number of hydrogen-bond acceptors (Lipinski definition) is 3. The predicted octanol–water partition coefficient (Wildman–Crippen LogP) is 1.21. The number of rotatable bonds is 8. The standard InChI is InChI=1S/C14H29N3O/c1-12(9-15)5-6-14(18)16-10-13(2)11-17-7-3-4-8-17/h12-13H,3-11,15H2,1-2H3,(H,16,18).